The summed E-state index contributed by atoms with van der Waals surface area (Å²) in [5.74, 6) is -1.20. The molecule has 10 heteroatoms. The lowest BCUT2D eigenvalue weighted by Gasteiger charge is -2.15. The van der Waals surface area contributed by atoms with Crippen LogP contribution < -0.4 is 15.4 Å². The lowest BCUT2D eigenvalue weighted by molar-refractivity contribution is -0.274. The number of benzene rings is 2. The van der Waals surface area contributed by atoms with Crippen molar-refractivity contribution in [3.05, 3.63) is 65.7 Å². The molecule has 0 aliphatic heterocycles. The number of ether oxygens (including phenoxy) is 1. The van der Waals surface area contributed by atoms with Gasteiger partial charge in [0.05, 0.1) is 5.69 Å². The molecule has 2 aromatic carbocycles. The zero-order chi connectivity index (χ0) is 23.3. The Morgan fingerprint density at radius 1 is 1.00 bits per heavy atom. The Bertz CT molecular complexity index is 1050. The first kappa shape index (κ1) is 23.2. The summed E-state index contributed by atoms with van der Waals surface area (Å²) in [4.78, 5) is 8.75. The van der Waals surface area contributed by atoms with Gasteiger partial charge < -0.3 is 15.4 Å². The van der Waals surface area contributed by atoms with Gasteiger partial charge in [0.1, 0.15) is 23.2 Å². The first-order chi connectivity index (χ1) is 15.1. The van der Waals surface area contributed by atoms with Crippen molar-refractivity contribution in [1.82, 2.24) is 9.97 Å². The average Bonchev–Trinajstić information content (AvgIpc) is 2.70. The lowest BCUT2D eigenvalue weighted by atomic mass is 10.1. The number of anilines is 2. The van der Waals surface area contributed by atoms with Crippen LogP contribution in [0, 0.1) is 11.6 Å². The number of hydrogen-bond acceptors (Lipinski definition) is 5. The number of nitrogens with one attached hydrogen (secondary N) is 2. The highest BCUT2D eigenvalue weighted by molar-refractivity contribution is 5.66. The second kappa shape index (κ2) is 9.80. The predicted octanol–water partition coefficient (Wildman–Crippen LogP) is 6.14. The minimum atomic E-state index is -4.82. The molecule has 0 fully saturated rings. The molecule has 5 nitrogen and oxygen atoms in total. The van der Waals surface area contributed by atoms with E-state index in [1.165, 1.54) is 36.4 Å². The SMILES string of the molecule is CC[C@@H](C)Nc1nc(NCc2cc(F)cc(F)c2)cc(-c2cccc(OC(F)(F)F)c2)n1. The molecule has 3 aromatic rings. The number of aromatic nitrogens is 2. The molecular formula is C22H21F5N4O. The highest BCUT2D eigenvalue weighted by atomic mass is 19.4. The van der Waals surface area contributed by atoms with E-state index in [4.69, 9.17) is 0 Å². The first-order valence-electron chi connectivity index (χ1n) is 9.82. The van der Waals surface area contributed by atoms with Crippen molar-refractivity contribution in [3.63, 3.8) is 0 Å². The van der Waals surface area contributed by atoms with E-state index >= 15 is 0 Å². The largest absolute Gasteiger partial charge is 0.573 e. The van der Waals surface area contributed by atoms with Crippen LogP contribution in [0.25, 0.3) is 11.3 Å². The Labute approximate surface area is 181 Å². The summed E-state index contributed by atoms with van der Waals surface area (Å²) in [6.45, 7) is 3.97. The van der Waals surface area contributed by atoms with Gasteiger partial charge in [-0.1, -0.05) is 19.1 Å². The Balaban J connectivity index is 1.91. The fraction of sp³-hybridized carbons (Fsp3) is 0.273. The maximum atomic E-state index is 13.4. The zero-order valence-electron chi connectivity index (χ0n) is 17.3. The van der Waals surface area contributed by atoms with Crippen LogP contribution in [-0.2, 0) is 6.54 Å². The van der Waals surface area contributed by atoms with Crippen LogP contribution in [0.5, 0.6) is 5.75 Å². The molecule has 1 aromatic heterocycles. The molecule has 0 aliphatic rings. The number of nitrogens with zero attached hydrogens (tertiary/aromatic N) is 2. The fourth-order valence-electron chi connectivity index (χ4n) is 2.83. The number of alkyl halides is 3. The van der Waals surface area contributed by atoms with E-state index in [9.17, 15) is 22.0 Å². The number of halogens is 5. The normalized spacial score (nSPS) is 12.3. The summed E-state index contributed by atoms with van der Waals surface area (Å²) >= 11 is 0. The third kappa shape index (κ3) is 6.79. The molecule has 1 atom stereocenters. The molecule has 0 unspecified atom stereocenters. The molecular weight excluding hydrogens is 431 g/mol. The Morgan fingerprint density at radius 2 is 1.72 bits per heavy atom. The zero-order valence-corrected chi connectivity index (χ0v) is 17.3. The van der Waals surface area contributed by atoms with Gasteiger partial charge in [-0.15, -0.1) is 13.2 Å². The number of rotatable bonds is 8. The van der Waals surface area contributed by atoms with E-state index in [1.54, 1.807) is 6.07 Å². The van der Waals surface area contributed by atoms with Crippen molar-refractivity contribution < 1.29 is 26.7 Å². The molecule has 0 amide bonds. The molecule has 32 heavy (non-hydrogen) atoms. The van der Waals surface area contributed by atoms with Gasteiger partial charge in [0.15, 0.2) is 0 Å². The summed E-state index contributed by atoms with van der Waals surface area (Å²) in [7, 11) is 0. The van der Waals surface area contributed by atoms with Crippen LogP contribution in [0.2, 0.25) is 0 Å². The van der Waals surface area contributed by atoms with E-state index in [0.717, 1.165) is 12.5 Å². The Morgan fingerprint density at radius 3 is 2.38 bits per heavy atom. The second-order valence-corrected chi connectivity index (χ2v) is 7.12. The highest BCUT2D eigenvalue weighted by Crippen LogP contribution is 2.29. The molecule has 0 saturated carbocycles. The average molecular weight is 452 g/mol. The van der Waals surface area contributed by atoms with Crippen molar-refractivity contribution in [1.29, 1.82) is 0 Å². The summed E-state index contributed by atoms with van der Waals surface area (Å²) in [6, 6.07) is 10.1. The third-order valence-corrected chi connectivity index (χ3v) is 4.47. The Kier molecular flexibility index (Phi) is 7.12. The van der Waals surface area contributed by atoms with Crippen molar-refractivity contribution in [2.45, 2.75) is 39.2 Å². The summed E-state index contributed by atoms with van der Waals surface area (Å²) in [5.41, 5.74) is 1.08. The molecule has 0 spiro atoms. The number of hydrogen-bond donors (Lipinski definition) is 2. The molecule has 0 bridgehead atoms. The van der Waals surface area contributed by atoms with Crippen LogP contribution in [0.3, 0.4) is 0 Å². The highest BCUT2D eigenvalue weighted by Gasteiger charge is 2.31. The molecule has 0 radical (unpaired) electrons. The first-order valence-corrected chi connectivity index (χ1v) is 9.82. The van der Waals surface area contributed by atoms with Crippen molar-refractivity contribution in [2.24, 2.45) is 0 Å². The van der Waals surface area contributed by atoms with Crippen LogP contribution in [0.4, 0.5) is 33.7 Å². The van der Waals surface area contributed by atoms with Gasteiger partial charge in [-0.05, 0) is 43.2 Å². The monoisotopic (exact) mass is 452 g/mol. The van der Waals surface area contributed by atoms with Gasteiger partial charge in [-0.3, -0.25) is 0 Å². The van der Waals surface area contributed by atoms with E-state index in [0.29, 0.717) is 22.6 Å². The van der Waals surface area contributed by atoms with Crippen LogP contribution >= 0.6 is 0 Å². The molecule has 170 valence electrons. The van der Waals surface area contributed by atoms with Crippen molar-refractivity contribution in [2.75, 3.05) is 10.6 Å². The Hall–Kier alpha value is -3.43. The molecule has 3 rings (SSSR count). The van der Waals surface area contributed by atoms with Gasteiger partial charge >= 0.3 is 6.36 Å². The van der Waals surface area contributed by atoms with E-state index in [1.807, 2.05) is 13.8 Å². The lowest BCUT2D eigenvalue weighted by Crippen LogP contribution is -2.17. The second-order valence-electron chi connectivity index (χ2n) is 7.12. The predicted molar refractivity (Wildman–Crippen MR) is 111 cm³/mol. The third-order valence-electron chi connectivity index (χ3n) is 4.47. The molecule has 0 saturated heterocycles. The maximum Gasteiger partial charge on any atom is 0.573 e. The van der Waals surface area contributed by atoms with Crippen LogP contribution in [-0.4, -0.2) is 22.4 Å². The standard InChI is InChI=1S/C22H21F5N4O/c1-3-13(2)29-21-30-19(15-5-4-6-18(9-15)32-22(25,26)27)11-20(31-21)28-12-14-7-16(23)10-17(24)8-14/h4-11,13H,3,12H2,1-2H3,(H2,28,29,30,31)/t13-/m1/s1. The minimum Gasteiger partial charge on any atom is -0.406 e. The van der Waals surface area contributed by atoms with Crippen molar-refractivity contribution in [3.8, 4) is 17.0 Å². The van der Waals surface area contributed by atoms with Gasteiger partial charge in [0, 0.05) is 30.3 Å². The molecule has 0 aliphatic carbocycles. The van der Waals surface area contributed by atoms with E-state index in [2.05, 4.69) is 25.3 Å². The fourth-order valence-corrected chi connectivity index (χ4v) is 2.83. The summed E-state index contributed by atoms with van der Waals surface area (Å²) < 4.78 is 68.6. The van der Waals surface area contributed by atoms with Gasteiger partial charge in [0.2, 0.25) is 5.95 Å². The minimum absolute atomic E-state index is 0.0373. The van der Waals surface area contributed by atoms with Crippen LogP contribution in [0.15, 0.2) is 48.5 Å². The van der Waals surface area contributed by atoms with Crippen molar-refractivity contribution >= 4 is 11.8 Å². The summed E-state index contributed by atoms with van der Waals surface area (Å²) in [6.07, 6.45) is -4.03. The van der Waals surface area contributed by atoms with Gasteiger partial charge in [0.25, 0.3) is 0 Å². The van der Waals surface area contributed by atoms with Gasteiger partial charge in [-0.25, -0.2) is 13.8 Å². The van der Waals surface area contributed by atoms with E-state index < -0.39 is 18.0 Å². The van der Waals surface area contributed by atoms with Crippen LogP contribution in [0.1, 0.15) is 25.8 Å². The quantitative estimate of drug-likeness (QED) is 0.402. The van der Waals surface area contributed by atoms with Gasteiger partial charge in [-0.2, -0.15) is 4.98 Å². The van der Waals surface area contributed by atoms with E-state index in [-0.39, 0.29) is 24.3 Å². The molecule has 1 heterocycles. The summed E-state index contributed by atoms with van der Waals surface area (Å²) in [5, 5.41) is 6.09. The molecule has 2 N–H and O–H groups in total. The smallest absolute Gasteiger partial charge is 0.406 e. The topological polar surface area (TPSA) is 59.1 Å². The maximum absolute atomic E-state index is 13.4.